The molecule has 116 valence electrons. The predicted octanol–water partition coefficient (Wildman–Crippen LogP) is 5.51. The molecule has 0 nitrogen and oxygen atoms in total. The van der Waals surface area contributed by atoms with E-state index in [1.807, 2.05) is 11.1 Å². The lowest BCUT2D eigenvalue weighted by atomic mass is 9.37. The first kappa shape index (κ1) is 11.9. The van der Waals surface area contributed by atoms with E-state index in [0.717, 1.165) is 35.5 Å². The summed E-state index contributed by atoms with van der Waals surface area (Å²) in [6.07, 6.45) is 21.3. The van der Waals surface area contributed by atoms with Crippen LogP contribution in [0.3, 0.4) is 0 Å². The van der Waals surface area contributed by atoms with E-state index >= 15 is 0 Å². The average molecular weight is 292 g/mol. The Hall–Kier alpha value is -0.520. The number of hydrogen-bond donors (Lipinski definition) is 0. The van der Waals surface area contributed by atoms with Crippen molar-refractivity contribution in [2.24, 2.45) is 46.3 Å². The average Bonchev–Trinajstić information content (AvgIpc) is 2.74. The molecule has 9 aliphatic rings. The minimum Gasteiger partial charge on any atom is -0.0804 e. The SMILES string of the molecule is C1=C2C3(C[C@@H]4CC1C[C@@H](C4)C3)C1=CC3C[C@@H]4C[C@H](C3)CC21C4. The summed E-state index contributed by atoms with van der Waals surface area (Å²) in [5, 5.41) is 0. The third kappa shape index (κ3) is 1.17. The second kappa shape index (κ2) is 3.45. The van der Waals surface area contributed by atoms with E-state index in [9.17, 15) is 0 Å². The zero-order valence-corrected chi connectivity index (χ0v) is 13.7. The number of hydrogen-bond acceptors (Lipinski definition) is 0. The molecule has 22 heavy (non-hydrogen) atoms. The Balaban J connectivity index is 1.47. The Morgan fingerprint density at radius 1 is 0.545 bits per heavy atom. The van der Waals surface area contributed by atoms with Crippen LogP contribution in [-0.4, -0.2) is 0 Å². The largest absolute Gasteiger partial charge is 0.0804 e. The van der Waals surface area contributed by atoms with E-state index in [1.165, 1.54) is 0 Å². The molecule has 0 saturated heterocycles. The molecule has 8 bridgehead atoms. The summed E-state index contributed by atoms with van der Waals surface area (Å²) in [5.74, 6) is 6.23. The van der Waals surface area contributed by atoms with Crippen LogP contribution in [0, 0.1) is 46.3 Å². The molecule has 0 aromatic heterocycles. The lowest BCUT2D eigenvalue weighted by Gasteiger charge is -2.66. The Labute approximate surface area is 134 Å². The molecule has 0 amide bonds. The molecule has 0 aromatic rings. The maximum atomic E-state index is 2.89. The monoisotopic (exact) mass is 292 g/mol. The molecule has 5 saturated carbocycles. The van der Waals surface area contributed by atoms with Crippen LogP contribution in [0.2, 0.25) is 0 Å². The van der Waals surface area contributed by atoms with Gasteiger partial charge in [-0.25, -0.2) is 0 Å². The molecule has 0 heteroatoms. The molecule has 0 aromatic carbocycles. The summed E-state index contributed by atoms with van der Waals surface area (Å²) in [4.78, 5) is 0. The molecule has 0 aliphatic heterocycles. The van der Waals surface area contributed by atoms with Crippen molar-refractivity contribution in [3.63, 3.8) is 0 Å². The zero-order valence-electron chi connectivity index (χ0n) is 13.7. The molecule has 2 spiro atoms. The molecule has 9 rings (SSSR count). The van der Waals surface area contributed by atoms with Gasteiger partial charge in [-0.05, 0) is 99.7 Å². The smallest absolute Gasteiger partial charge is 0.0143 e. The van der Waals surface area contributed by atoms with Gasteiger partial charge in [0.25, 0.3) is 0 Å². The van der Waals surface area contributed by atoms with Crippen LogP contribution in [0.25, 0.3) is 0 Å². The summed E-state index contributed by atoms with van der Waals surface area (Å²) in [6, 6.07) is 0. The van der Waals surface area contributed by atoms with Gasteiger partial charge >= 0.3 is 0 Å². The molecule has 2 unspecified atom stereocenters. The summed E-state index contributed by atoms with van der Waals surface area (Å²) < 4.78 is 0. The van der Waals surface area contributed by atoms with Gasteiger partial charge in [0.05, 0.1) is 0 Å². The van der Waals surface area contributed by atoms with Crippen molar-refractivity contribution in [2.45, 2.75) is 64.2 Å². The van der Waals surface area contributed by atoms with E-state index in [0.29, 0.717) is 10.8 Å². The summed E-state index contributed by atoms with van der Waals surface area (Å²) in [5.41, 5.74) is 5.27. The Bertz CT molecular complexity index is 534. The van der Waals surface area contributed by atoms with Crippen molar-refractivity contribution in [1.29, 1.82) is 0 Å². The quantitative estimate of drug-likeness (QED) is 0.517. The topological polar surface area (TPSA) is 0 Å². The fraction of sp³-hybridized carbons (Fsp3) is 0.818. The van der Waals surface area contributed by atoms with Crippen LogP contribution in [0.4, 0.5) is 0 Å². The summed E-state index contributed by atoms with van der Waals surface area (Å²) >= 11 is 0. The van der Waals surface area contributed by atoms with E-state index in [-0.39, 0.29) is 0 Å². The molecule has 9 aliphatic carbocycles. The predicted molar refractivity (Wildman–Crippen MR) is 88.1 cm³/mol. The van der Waals surface area contributed by atoms with Crippen molar-refractivity contribution in [2.75, 3.05) is 0 Å². The first-order valence-electron chi connectivity index (χ1n) is 10.2. The lowest BCUT2D eigenvalue weighted by molar-refractivity contribution is -0.000441. The molecular formula is C22H28. The van der Waals surface area contributed by atoms with E-state index in [2.05, 4.69) is 12.2 Å². The van der Waals surface area contributed by atoms with Crippen molar-refractivity contribution in [1.82, 2.24) is 0 Å². The molecule has 0 heterocycles. The van der Waals surface area contributed by atoms with Gasteiger partial charge in [0.1, 0.15) is 0 Å². The highest BCUT2D eigenvalue weighted by atomic mass is 14.7. The lowest BCUT2D eigenvalue weighted by Crippen LogP contribution is -2.56. The molecule has 6 atom stereocenters. The highest BCUT2D eigenvalue weighted by Crippen LogP contribution is 2.79. The van der Waals surface area contributed by atoms with Crippen LogP contribution in [0.15, 0.2) is 23.3 Å². The van der Waals surface area contributed by atoms with Gasteiger partial charge in [0.2, 0.25) is 0 Å². The molecular weight excluding hydrogens is 264 g/mol. The van der Waals surface area contributed by atoms with Gasteiger partial charge in [0, 0.05) is 10.8 Å². The van der Waals surface area contributed by atoms with Gasteiger partial charge in [-0.2, -0.15) is 0 Å². The van der Waals surface area contributed by atoms with Crippen LogP contribution in [-0.2, 0) is 0 Å². The Kier molecular flexibility index (Phi) is 1.87. The van der Waals surface area contributed by atoms with Crippen molar-refractivity contribution in [3.8, 4) is 0 Å². The van der Waals surface area contributed by atoms with E-state index in [4.69, 9.17) is 0 Å². The van der Waals surface area contributed by atoms with Crippen molar-refractivity contribution < 1.29 is 0 Å². The Morgan fingerprint density at radius 3 is 1.27 bits per heavy atom. The second-order valence-electron chi connectivity index (χ2n) is 10.5. The zero-order chi connectivity index (χ0) is 14.1. The van der Waals surface area contributed by atoms with Gasteiger partial charge in [-0.15, -0.1) is 0 Å². The minimum atomic E-state index is 0.609. The van der Waals surface area contributed by atoms with Gasteiger partial charge in [-0.3, -0.25) is 0 Å². The minimum absolute atomic E-state index is 0.609. The third-order valence-electron chi connectivity index (χ3n) is 9.29. The third-order valence-corrected chi connectivity index (χ3v) is 9.29. The summed E-state index contributed by atoms with van der Waals surface area (Å²) in [6.45, 7) is 0. The fourth-order valence-electron chi connectivity index (χ4n) is 9.44. The fourth-order valence-corrected chi connectivity index (χ4v) is 9.44. The molecule has 0 radical (unpaired) electrons. The van der Waals surface area contributed by atoms with Gasteiger partial charge in [0.15, 0.2) is 0 Å². The van der Waals surface area contributed by atoms with E-state index in [1.54, 1.807) is 64.2 Å². The number of rotatable bonds is 0. The van der Waals surface area contributed by atoms with Gasteiger partial charge in [-0.1, -0.05) is 23.3 Å². The normalized spacial score (nSPS) is 62.5. The van der Waals surface area contributed by atoms with Crippen LogP contribution < -0.4 is 0 Å². The first-order chi connectivity index (χ1) is 10.7. The molecule has 0 N–H and O–H groups in total. The van der Waals surface area contributed by atoms with Crippen molar-refractivity contribution >= 4 is 0 Å². The highest BCUT2D eigenvalue weighted by molar-refractivity contribution is 5.57. The van der Waals surface area contributed by atoms with E-state index < -0.39 is 0 Å². The van der Waals surface area contributed by atoms with Gasteiger partial charge < -0.3 is 0 Å². The highest BCUT2D eigenvalue weighted by Gasteiger charge is 2.69. The first-order valence-corrected chi connectivity index (χ1v) is 10.2. The molecule has 5 fully saturated rings. The maximum Gasteiger partial charge on any atom is 0.0143 e. The van der Waals surface area contributed by atoms with Crippen LogP contribution in [0.5, 0.6) is 0 Å². The Morgan fingerprint density at radius 2 is 0.909 bits per heavy atom. The van der Waals surface area contributed by atoms with Crippen LogP contribution >= 0.6 is 0 Å². The maximum absolute atomic E-state index is 2.89. The van der Waals surface area contributed by atoms with Crippen molar-refractivity contribution in [3.05, 3.63) is 23.3 Å². The number of allylic oxidation sites excluding steroid dienone is 4. The second-order valence-corrected chi connectivity index (χ2v) is 10.5. The standard InChI is InChI=1S/C22H28/c1-13-2-16-5-15(1)9-21(10-16)19(7-13)22-11-17-3-14(8-20(21)22)4-18(6-17)12-22/h7-8,13-18H,1-6,9-12H2/t13?,14?,15-,16+,17-,18+,21?,22?. The van der Waals surface area contributed by atoms with Crippen LogP contribution in [0.1, 0.15) is 64.2 Å². The summed E-state index contributed by atoms with van der Waals surface area (Å²) in [7, 11) is 0.